The van der Waals surface area contributed by atoms with Crippen molar-refractivity contribution in [2.75, 3.05) is 20.1 Å². The van der Waals surface area contributed by atoms with Gasteiger partial charge in [-0.1, -0.05) is 20.3 Å². The molecule has 2 unspecified atom stereocenters. The molecule has 2 saturated carbocycles. The van der Waals surface area contributed by atoms with E-state index in [9.17, 15) is 0 Å². The Hall–Kier alpha value is -0.0800. The second-order valence-corrected chi connectivity index (χ2v) is 6.46. The fourth-order valence-electron chi connectivity index (χ4n) is 3.89. The Kier molecular flexibility index (Phi) is 5.50. The van der Waals surface area contributed by atoms with E-state index in [0.717, 1.165) is 30.5 Å². The van der Waals surface area contributed by atoms with Crippen molar-refractivity contribution in [2.45, 2.75) is 70.9 Å². The van der Waals surface area contributed by atoms with Crippen molar-refractivity contribution >= 4 is 0 Å². The number of hydrogen-bond acceptors (Lipinski definition) is 2. The summed E-state index contributed by atoms with van der Waals surface area (Å²) in [6.07, 6.45) is 10.1. The van der Waals surface area contributed by atoms with Crippen molar-refractivity contribution in [3.8, 4) is 0 Å². The molecule has 0 bridgehead atoms. The van der Waals surface area contributed by atoms with Crippen LogP contribution in [0, 0.1) is 11.8 Å². The fraction of sp³-hybridized carbons (Fsp3) is 1.00. The minimum absolute atomic E-state index is 0.868. The van der Waals surface area contributed by atoms with Gasteiger partial charge in [-0.15, -0.1) is 0 Å². The van der Waals surface area contributed by atoms with Gasteiger partial charge in [0.15, 0.2) is 0 Å². The van der Waals surface area contributed by atoms with Crippen LogP contribution in [0.1, 0.15) is 58.8 Å². The van der Waals surface area contributed by atoms with Crippen molar-refractivity contribution in [3.05, 3.63) is 0 Å². The van der Waals surface area contributed by atoms with Crippen LogP contribution in [0.15, 0.2) is 0 Å². The number of nitrogens with one attached hydrogen (secondary N) is 1. The van der Waals surface area contributed by atoms with Crippen LogP contribution in [-0.4, -0.2) is 37.1 Å². The second-order valence-electron chi connectivity index (χ2n) is 6.46. The van der Waals surface area contributed by atoms with Crippen LogP contribution in [0.2, 0.25) is 0 Å². The van der Waals surface area contributed by atoms with E-state index in [-0.39, 0.29) is 0 Å². The maximum absolute atomic E-state index is 3.53. The van der Waals surface area contributed by atoms with E-state index in [0.29, 0.717) is 0 Å². The van der Waals surface area contributed by atoms with E-state index >= 15 is 0 Å². The van der Waals surface area contributed by atoms with E-state index in [1.807, 2.05) is 0 Å². The van der Waals surface area contributed by atoms with Gasteiger partial charge in [0.05, 0.1) is 0 Å². The summed E-state index contributed by atoms with van der Waals surface area (Å²) in [6.45, 7) is 6.92. The van der Waals surface area contributed by atoms with Crippen LogP contribution in [0.5, 0.6) is 0 Å². The van der Waals surface area contributed by atoms with Gasteiger partial charge in [-0.3, -0.25) is 0 Å². The van der Waals surface area contributed by atoms with Crippen LogP contribution in [-0.2, 0) is 0 Å². The maximum atomic E-state index is 3.53. The average Bonchev–Trinajstić information content (AvgIpc) is 2.38. The molecule has 0 aromatic rings. The Morgan fingerprint density at radius 1 is 1.00 bits per heavy atom. The van der Waals surface area contributed by atoms with Gasteiger partial charge >= 0.3 is 0 Å². The third-order valence-electron chi connectivity index (χ3n) is 5.53. The predicted molar refractivity (Wildman–Crippen MR) is 78.9 cm³/mol. The molecular formula is C16H32N2. The molecule has 2 heteroatoms. The molecule has 2 atom stereocenters. The highest BCUT2D eigenvalue weighted by Gasteiger charge is 2.36. The highest BCUT2D eigenvalue weighted by molar-refractivity contribution is 4.92. The molecule has 0 heterocycles. The number of hydrogen-bond donors (Lipinski definition) is 1. The Labute approximate surface area is 114 Å². The molecule has 18 heavy (non-hydrogen) atoms. The Balaban J connectivity index is 1.75. The van der Waals surface area contributed by atoms with E-state index in [2.05, 4.69) is 31.1 Å². The third kappa shape index (κ3) is 3.27. The zero-order chi connectivity index (χ0) is 13.0. The summed E-state index contributed by atoms with van der Waals surface area (Å²) in [7, 11) is 2.39. The van der Waals surface area contributed by atoms with Crippen molar-refractivity contribution in [2.24, 2.45) is 11.8 Å². The molecule has 106 valence electrons. The van der Waals surface area contributed by atoms with Crippen molar-refractivity contribution in [1.82, 2.24) is 10.2 Å². The lowest BCUT2D eigenvalue weighted by Gasteiger charge is -2.47. The van der Waals surface area contributed by atoms with Gasteiger partial charge in [0.1, 0.15) is 0 Å². The van der Waals surface area contributed by atoms with Gasteiger partial charge in [0.25, 0.3) is 0 Å². The minimum atomic E-state index is 0.868. The van der Waals surface area contributed by atoms with Crippen LogP contribution in [0.4, 0.5) is 0 Å². The highest BCUT2D eigenvalue weighted by atomic mass is 15.2. The third-order valence-corrected chi connectivity index (χ3v) is 5.53. The predicted octanol–water partition coefficient (Wildman–Crippen LogP) is 3.28. The van der Waals surface area contributed by atoms with E-state index in [4.69, 9.17) is 0 Å². The SMILES string of the molecule is CCNCC1CCC1N(C)C1CCC(CC)CC1. The minimum Gasteiger partial charge on any atom is -0.317 e. The molecule has 0 aromatic heterocycles. The zero-order valence-corrected chi connectivity index (χ0v) is 12.6. The standard InChI is InChI=1S/C16H32N2/c1-4-13-6-9-15(10-7-13)18(3)16-11-8-14(16)12-17-5-2/h13-17H,4-12H2,1-3H3. The Morgan fingerprint density at radius 3 is 2.22 bits per heavy atom. The van der Waals surface area contributed by atoms with Gasteiger partial charge < -0.3 is 10.2 Å². The van der Waals surface area contributed by atoms with Crippen LogP contribution in [0.25, 0.3) is 0 Å². The molecule has 0 aliphatic heterocycles. The quantitative estimate of drug-likeness (QED) is 0.780. The highest BCUT2D eigenvalue weighted by Crippen LogP contribution is 2.36. The summed E-state index contributed by atoms with van der Waals surface area (Å²) < 4.78 is 0. The molecule has 0 amide bonds. The summed E-state index contributed by atoms with van der Waals surface area (Å²) >= 11 is 0. The maximum Gasteiger partial charge on any atom is 0.0136 e. The van der Waals surface area contributed by atoms with Crippen molar-refractivity contribution in [3.63, 3.8) is 0 Å². The molecular weight excluding hydrogens is 220 g/mol. The monoisotopic (exact) mass is 252 g/mol. The largest absolute Gasteiger partial charge is 0.317 e. The first-order chi connectivity index (χ1) is 8.76. The number of nitrogens with zero attached hydrogens (tertiary/aromatic N) is 1. The summed E-state index contributed by atoms with van der Waals surface area (Å²) in [4.78, 5) is 2.73. The van der Waals surface area contributed by atoms with E-state index in [1.54, 1.807) is 0 Å². The van der Waals surface area contributed by atoms with Crippen molar-refractivity contribution in [1.29, 1.82) is 0 Å². The summed E-state index contributed by atoms with van der Waals surface area (Å²) in [5.41, 5.74) is 0. The van der Waals surface area contributed by atoms with Gasteiger partial charge in [0, 0.05) is 12.1 Å². The lowest BCUT2D eigenvalue weighted by atomic mass is 9.76. The van der Waals surface area contributed by atoms with E-state index < -0.39 is 0 Å². The lowest BCUT2D eigenvalue weighted by Crippen LogP contribution is -2.53. The molecule has 2 fully saturated rings. The molecule has 1 N–H and O–H groups in total. The van der Waals surface area contributed by atoms with Gasteiger partial charge in [-0.05, 0) is 70.5 Å². The molecule has 0 saturated heterocycles. The first-order valence-electron chi connectivity index (χ1n) is 8.18. The normalized spacial score (nSPS) is 36.7. The van der Waals surface area contributed by atoms with Gasteiger partial charge in [-0.2, -0.15) is 0 Å². The summed E-state index contributed by atoms with van der Waals surface area (Å²) in [5, 5.41) is 3.53. The van der Waals surface area contributed by atoms with Gasteiger partial charge in [-0.25, -0.2) is 0 Å². The molecule has 2 aliphatic carbocycles. The first-order valence-corrected chi connectivity index (χ1v) is 8.18. The van der Waals surface area contributed by atoms with Crippen molar-refractivity contribution < 1.29 is 0 Å². The first kappa shape index (κ1) is 14.3. The molecule has 2 rings (SSSR count). The fourth-order valence-corrected chi connectivity index (χ4v) is 3.89. The van der Waals surface area contributed by atoms with E-state index in [1.165, 1.54) is 51.5 Å². The Morgan fingerprint density at radius 2 is 1.72 bits per heavy atom. The van der Waals surface area contributed by atoms with Crippen LogP contribution in [0.3, 0.4) is 0 Å². The average molecular weight is 252 g/mol. The summed E-state index contributed by atoms with van der Waals surface area (Å²) in [6, 6.07) is 1.74. The molecule has 0 aromatic carbocycles. The molecule has 0 radical (unpaired) electrons. The topological polar surface area (TPSA) is 15.3 Å². The second kappa shape index (κ2) is 6.91. The number of rotatable bonds is 6. The van der Waals surface area contributed by atoms with Crippen LogP contribution < -0.4 is 5.32 Å². The summed E-state index contributed by atoms with van der Waals surface area (Å²) in [5.74, 6) is 1.94. The lowest BCUT2D eigenvalue weighted by molar-refractivity contribution is 0.0302. The van der Waals surface area contributed by atoms with Crippen LogP contribution >= 0.6 is 0 Å². The smallest absolute Gasteiger partial charge is 0.0136 e. The zero-order valence-electron chi connectivity index (χ0n) is 12.6. The molecule has 0 spiro atoms. The Bertz CT molecular complexity index is 231. The molecule has 2 aliphatic rings. The molecule has 2 nitrogen and oxygen atoms in total. The van der Waals surface area contributed by atoms with Gasteiger partial charge in [0.2, 0.25) is 0 Å².